The van der Waals surface area contributed by atoms with Crippen LogP contribution in [0.4, 0.5) is 0 Å². The number of amides is 1. The summed E-state index contributed by atoms with van der Waals surface area (Å²) >= 11 is 6.32. The van der Waals surface area contributed by atoms with E-state index in [2.05, 4.69) is 0 Å². The molecule has 0 saturated carbocycles. The number of hydrogen-bond acceptors (Lipinski definition) is 3. The number of hydrogen-bond donors (Lipinski definition) is 0. The Labute approximate surface area is 209 Å². The number of rotatable bonds is 7. The van der Waals surface area contributed by atoms with Crippen LogP contribution in [0.25, 0.3) is 21.9 Å². The van der Waals surface area contributed by atoms with E-state index in [9.17, 15) is 14.4 Å². The number of fused-ring (bicyclic) bond motifs is 1. The first-order valence-electron chi connectivity index (χ1n) is 11.5. The second-order valence-electron chi connectivity index (χ2n) is 8.73. The molecule has 4 rings (SSSR count). The number of aromatic nitrogens is 1. The zero-order valence-corrected chi connectivity index (χ0v) is 20.8. The van der Waals surface area contributed by atoms with Gasteiger partial charge in [-0.15, -0.1) is 0 Å². The van der Waals surface area contributed by atoms with Crippen molar-refractivity contribution in [3.63, 3.8) is 0 Å². The van der Waals surface area contributed by atoms with Gasteiger partial charge in [-0.05, 0) is 40.3 Å². The molecule has 35 heavy (non-hydrogen) atoms. The maximum atomic E-state index is 13.7. The highest BCUT2D eigenvalue weighted by molar-refractivity contribution is 6.31. The maximum Gasteiger partial charge on any atom is 0.259 e. The number of pyridine rings is 1. The molecular weight excluding hydrogens is 460 g/mol. The molecule has 0 N–H and O–H groups in total. The predicted octanol–water partition coefficient (Wildman–Crippen LogP) is 5.59. The first kappa shape index (κ1) is 24.4. The molecule has 5 nitrogen and oxygen atoms in total. The molecular formula is C29H27ClN2O3. The third-order valence-electron chi connectivity index (χ3n) is 6.07. The minimum Gasteiger partial charge on any atom is -0.349 e. The van der Waals surface area contributed by atoms with E-state index in [-0.39, 0.29) is 36.6 Å². The average Bonchev–Trinajstić information content (AvgIpc) is 2.85. The molecule has 1 amide bonds. The summed E-state index contributed by atoms with van der Waals surface area (Å²) in [5, 5.41) is 1.66. The third kappa shape index (κ3) is 5.05. The molecule has 178 valence electrons. The molecule has 1 heterocycles. The van der Waals surface area contributed by atoms with Crippen LogP contribution >= 0.6 is 11.6 Å². The van der Waals surface area contributed by atoms with Gasteiger partial charge in [-0.3, -0.25) is 19.0 Å². The molecule has 3 aromatic carbocycles. The largest absolute Gasteiger partial charge is 0.349 e. The second-order valence-corrected chi connectivity index (χ2v) is 9.17. The average molecular weight is 487 g/mol. The molecule has 1 aromatic heterocycles. The van der Waals surface area contributed by atoms with Gasteiger partial charge in [0.15, 0.2) is 5.78 Å². The Morgan fingerprint density at radius 3 is 2.29 bits per heavy atom. The lowest BCUT2D eigenvalue weighted by molar-refractivity contribution is -0.127. The summed E-state index contributed by atoms with van der Waals surface area (Å²) in [6.07, 6.45) is 0.519. The highest BCUT2D eigenvalue weighted by Crippen LogP contribution is 2.33. The van der Waals surface area contributed by atoms with Crippen molar-refractivity contribution in [2.45, 2.75) is 26.3 Å². The van der Waals surface area contributed by atoms with E-state index in [1.165, 1.54) is 0 Å². The van der Waals surface area contributed by atoms with Gasteiger partial charge in [0, 0.05) is 36.5 Å². The Morgan fingerprint density at radius 2 is 1.60 bits per heavy atom. The van der Waals surface area contributed by atoms with Crippen molar-refractivity contribution in [2.24, 2.45) is 0 Å². The Balaban J connectivity index is 1.96. The number of nitrogens with zero attached hydrogens (tertiary/aromatic N) is 2. The predicted molar refractivity (Wildman–Crippen MR) is 141 cm³/mol. The highest BCUT2D eigenvalue weighted by atomic mass is 35.5. The van der Waals surface area contributed by atoms with Crippen molar-refractivity contribution in [1.29, 1.82) is 0 Å². The number of benzene rings is 3. The number of Topliss-reactive ketones (excluding diaryl/α,β-unsaturated/α-hetero) is 1. The zero-order valence-electron chi connectivity index (χ0n) is 20.0. The molecule has 0 saturated heterocycles. The van der Waals surface area contributed by atoms with Crippen LogP contribution in [-0.4, -0.2) is 35.3 Å². The summed E-state index contributed by atoms with van der Waals surface area (Å²) < 4.78 is 1.57. The summed E-state index contributed by atoms with van der Waals surface area (Å²) in [5.41, 5.74) is 3.36. The molecule has 0 atom stereocenters. The fourth-order valence-electron chi connectivity index (χ4n) is 4.28. The standard InChI is InChI=1S/C29H27ClN2O3/c1-4-25(33)28-27(21-11-6-5-7-12-21)24-17-22(30)13-14-23(24)29(35)32(28)18-20-10-8-9-19(15-20)16-26(34)31(2)3/h5-15,17H,4,16,18H2,1-3H3. The van der Waals surface area contributed by atoms with Crippen molar-refractivity contribution in [1.82, 2.24) is 9.47 Å². The van der Waals surface area contributed by atoms with Crippen molar-refractivity contribution in [3.8, 4) is 11.1 Å². The van der Waals surface area contributed by atoms with Crippen molar-refractivity contribution >= 4 is 34.1 Å². The first-order valence-corrected chi connectivity index (χ1v) is 11.9. The molecule has 0 radical (unpaired) electrons. The smallest absolute Gasteiger partial charge is 0.259 e. The lowest BCUT2D eigenvalue weighted by Crippen LogP contribution is -2.28. The lowest BCUT2D eigenvalue weighted by atomic mass is 9.94. The summed E-state index contributed by atoms with van der Waals surface area (Å²) in [6, 6.07) is 22.4. The summed E-state index contributed by atoms with van der Waals surface area (Å²) in [5.74, 6) is -0.128. The zero-order chi connectivity index (χ0) is 25.1. The Kier molecular flexibility index (Phi) is 7.17. The van der Waals surface area contributed by atoms with E-state index in [1.807, 2.05) is 54.6 Å². The van der Waals surface area contributed by atoms with Gasteiger partial charge in [0.1, 0.15) is 0 Å². The van der Waals surface area contributed by atoms with E-state index in [4.69, 9.17) is 11.6 Å². The number of carbonyl (C=O) groups is 2. The van der Waals surface area contributed by atoms with Crippen LogP contribution in [0.1, 0.15) is 35.0 Å². The van der Waals surface area contributed by atoms with E-state index in [0.717, 1.165) is 16.7 Å². The molecule has 0 unspecified atom stereocenters. The van der Waals surface area contributed by atoms with Gasteiger partial charge in [-0.1, -0.05) is 73.1 Å². The third-order valence-corrected chi connectivity index (χ3v) is 6.30. The Morgan fingerprint density at radius 1 is 0.886 bits per heavy atom. The maximum absolute atomic E-state index is 13.7. The van der Waals surface area contributed by atoms with Gasteiger partial charge in [-0.25, -0.2) is 0 Å². The van der Waals surface area contributed by atoms with Crippen molar-refractivity contribution in [2.75, 3.05) is 14.1 Å². The molecule has 4 aromatic rings. The lowest BCUT2D eigenvalue weighted by Gasteiger charge is -2.20. The van der Waals surface area contributed by atoms with Crippen LogP contribution in [0, 0.1) is 0 Å². The van der Waals surface area contributed by atoms with Crippen LogP contribution in [0.5, 0.6) is 0 Å². The quantitative estimate of drug-likeness (QED) is 0.320. The molecule has 0 fully saturated rings. The topological polar surface area (TPSA) is 59.4 Å². The summed E-state index contributed by atoms with van der Waals surface area (Å²) in [7, 11) is 3.45. The van der Waals surface area contributed by atoms with Gasteiger partial charge < -0.3 is 4.90 Å². The van der Waals surface area contributed by atoms with E-state index in [0.29, 0.717) is 27.1 Å². The SMILES string of the molecule is CCC(=O)c1c(-c2ccccc2)c2cc(Cl)ccc2c(=O)n1Cc1cccc(CC(=O)N(C)C)c1. The minimum atomic E-state index is -0.247. The van der Waals surface area contributed by atoms with Gasteiger partial charge in [-0.2, -0.15) is 0 Å². The molecule has 0 spiro atoms. The Bertz CT molecular complexity index is 1470. The number of ketones is 1. The van der Waals surface area contributed by atoms with Crippen LogP contribution in [0.2, 0.25) is 5.02 Å². The molecule has 0 bridgehead atoms. The van der Waals surface area contributed by atoms with Gasteiger partial charge in [0.2, 0.25) is 5.91 Å². The molecule has 0 aliphatic rings. The molecule has 6 heteroatoms. The fraction of sp³-hybridized carbons (Fsp3) is 0.207. The van der Waals surface area contributed by atoms with Crippen molar-refractivity contribution in [3.05, 3.63) is 105 Å². The van der Waals surface area contributed by atoms with E-state index >= 15 is 0 Å². The molecule has 0 aliphatic heterocycles. The minimum absolute atomic E-state index is 0.00452. The van der Waals surface area contributed by atoms with Gasteiger partial charge in [0.25, 0.3) is 5.56 Å². The first-order chi connectivity index (χ1) is 16.8. The molecule has 0 aliphatic carbocycles. The Hall–Kier alpha value is -3.70. The second kappa shape index (κ2) is 10.3. The van der Waals surface area contributed by atoms with E-state index in [1.54, 1.807) is 48.7 Å². The highest BCUT2D eigenvalue weighted by Gasteiger charge is 2.23. The monoisotopic (exact) mass is 486 g/mol. The number of likely N-dealkylation sites (N-methyl/N-ethyl adjacent to an activating group) is 1. The van der Waals surface area contributed by atoms with Crippen molar-refractivity contribution < 1.29 is 9.59 Å². The van der Waals surface area contributed by atoms with Gasteiger partial charge in [0.05, 0.1) is 18.7 Å². The summed E-state index contributed by atoms with van der Waals surface area (Å²) in [6.45, 7) is 2.00. The van der Waals surface area contributed by atoms with E-state index < -0.39 is 0 Å². The van der Waals surface area contributed by atoms with Crippen LogP contribution in [0.3, 0.4) is 0 Å². The van der Waals surface area contributed by atoms with Crippen LogP contribution in [-0.2, 0) is 17.8 Å². The number of halogens is 1. The summed E-state index contributed by atoms with van der Waals surface area (Å²) in [4.78, 5) is 40.8. The number of carbonyl (C=O) groups excluding carboxylic acids is 2. The van der Waals surface area contributed by atoms with Gasteiger partial charge >= 0.3 is 0 Å². The fourth-order valence-corrected chi connectivity index (χ4v) is 4.45. The normalized spacial score (nSPS) is 11.0. The van der Waals surface area contributed by atoms with Crippen LogP contribution < -0.4 is 5.56 Å². The van der Waals surface area contributed by atoms with Crippen LogP contribution in [0.15, 0.2) is 77.6 Å².